The highest BCUT2D eigenvalue weighted by Gasteiger charge is 2.16. The van der Waals surface area contributed by atoms with E-state index >= 15 is 0 Å². The van der Waals surface area contributed by atoms with Crippen LogP contribution in [0, 0.1) is 18.3 Å². The van der Waals surface area contributed by atoms with Gasteiger partial charge in [-0.1, -0.05) is 55.5 Å². The molecule has 36 heavy (non-hydrogen) atoms. The highest BCUT2D eigenvalue weighted by molar-refractivity contribution is 6.02. The van der Waals surface area contributed by atoms with Crippen molar-refractivity contribution in [2.45, 2.75) is 26.8 Å². The minimum absolute atomic E-state index is 0.0133. The van der Waals surface area contributed by atoms with E-state index in [0.717, 1.165) is 34.5 Å². The Morgan fingerprint density at radius 2 is 1.81 bits per heavy atom. The van der Waals surface area contributed by atoms with Gasteiger partial charge in [0.2, 0.25) is 0 Å². The number of rotatable bonds is 9. The number of carbonyl (C=O) groups excluding carboxylic acids is 1. The Kier molecular flexibility index (Phi) is 7.94. The molecule has 0 fully saturated rings. The Balaban J connectivity index is 1.69. The van der Waals surface area contributed by atoms with Crippen molar-refractivity contribution >= 4 is 12.0 Å². The molecule has 0 spiro atoms. The van der Waals surface area contributed by atoms with Crippen LogP contribution in [0.5, 0.6) is 5.75 Å². The molecule has 1 N–H and O–H groups in total. The van der Waals surface area contributed by atoms with E-state index in [1.807, 2.05) is 98.1 Å². The van der Waals surface area contributed by atoms with E-state index in [4.69, 9.17) is 9.84 Å². The molecule has 3 aromatic carbocycles. The lowest BCUT2D eigenvalue weighted by Crippen LogP contribution is -2.23. The molecule has 180 valence electrons. The van der Waals surface area contributed by atoms with Crippen LogP contribution in [-0.2, 0) is 11.3 Å². The molecule has 1 aromatic heterocycles. The maximum atomic E-state index is 12.8. The van der Waals surface area contributed by atoms with Gasteiger partial charge in [0.05, 0.1) is 12.3 Å². The Morgan fingerprint density at radius 1 is 1.08 bits per heavy atom. The third-order valence-electron chi connectivity index (χ3n) is 5.63. The fourth-order valence-electron chi connectivity index (χ4n) is 3.78. The molecule has 0 aliphatic rings. The van der Waals surface area contributed by atoms with Crippen molar-refractivity contribution in [2.75, 3.05) is 6.61 Å². The average Bonchev–Trinajstić information content (AvgIpc) is 3.34. The fraction of sp³-hybridized carbons (Fsp3) is 0.167. The number of para-hydroxylation sites is 1. The monoisotopic (exact) mass is 476 g/mol. The molecule has 0 unspecified atom stereocenters. The predicted octanol–water partition coefficient (Wildman–Crippen LogP) is 5.86. The zero-order valence-corrected chi connectivity index (χ0v) is 20.4. The molecular weight excluding hydrogens is 448 g/mol. The van der Waals surface area contributed by atoms with Crippen LogP contribution in [-0.4, -0.2) is 22.3 Å². The molecule has 0 saturated heterocycles. The fourth-order valence-corrected chi connectivity index (χ4v) is 3.78. The van der Waals surface area contributed by atoms with Crippen molar-refractivity contribution in [3.05, 3.63) is 107 Å². The van der Waals surface area contributed by atoms with E-state index in [0.29, 0.717) is 24.4 Å². The van der Waals surface area contributed by atoms with Crippen LogP contribution in [0.25, 0.3) is 23.0 Å². The number of nitrogens with zero attached hydrogens (tertiary/aromatic N) is 3. The summed E-state index contributed by atoms with van der Waals surface area (Å²) in [7, 11) is 0. The largest absolute Gasteiger partial charge is 0.493 e. The van der Waals surface area contributed by atoms with Gasteiger partial charge in [-0.3, -0.25) is 4.79 Å². The summed E-state index contributed by atoms with van der Waals surface area (Å²) in [6, 6.07) is 27.3. The van der Waals surface area contributed by atoms with Crippen molar-refractivity contribution < 1.29 is 9.53 Å². The number of benzene rings is 3. The second kappa shape index (κ2) is 11.7. The summed E-state index contributed by atoms with van der Waals surface area (Å²) in [5, 5.41) is 17.4. The summed E-state index contributed by atoms with van der Waals surface area (Å²) < 4.78 is 7.58. The number of ether oxygens (including phenoxy) is 1. The Hall–Kier alpha value is -4.63. The van der Waals surface area contributed by atoms with Crippen molar-refractivity contribution in [3.63, 3.8) is 0 Å². The number of aromatic nitrogens is 2. The minimum Gasteiger partial charge on any atom is -0.493 e. The molecule has 0 atom stereocenters. The number of hydrogen-bond acceptors (Lipinski definition) is 4. The van der Waals surface area contributed by atoms with Crippen molar-refractivity contribution in [1.82, 2.24) is 15.1 Å². The van der Waals surface area contributed by atoms with Gasteiger partial charge in [0, 0.05) is 23.9 Å². The number of nitrogens with one attached hydrogen (secondary N) is 1. The molecular formula is C30H28N4O2. The Bertz CT molecular complexity index is 1400. The Morgan fingerprint density at radius 3 is 2.47 bits per heavy atom. The van der Waals surface area contributed by atoms with Crippen LogP contribution in [0.4, 0.5) is 0 Å². The van der Waals surface area contributed by atoms with Crippen LogP contribution >= 0.6 is 0 Å². The lowest BCUT2D eigenvalue weighted by Gasteiger charge is -2.09. The average molecular weight is 477 g/mol. The molecule has 6 heteroatoms. The van der Waals surface area contributed by atoms with E-state index in [9.17, 15) is 10.1 Å². The topological polar surface area (TPSA) is 79.9 Å². The van der Waals surface area contributed by atoms with Gasteiger partial charge >= 0.3 is 0 Å². The molecule has 0 aliphatic heterocycles. The molecule has 1 heterocycles. The van der Waals surface area contributed by atoms with Gasteiger partial charge in [0.1, 0.15) is 23.1 Å². The second-order valence-electron chi connectivity index (χ2n) is 8.38. The molecule has 4 aromatic rings. The number of amides is 1. The number of carbonyl (C=O) groups is 1. The normalized spacial score (nSPS) is 11.1. The van der Waals surface area contributed by atoms with E-state index < -0.39 is 5.91 Å². The van der Waals surface area contributed by atoms with E-state index in [1.165, 1.54) is 0 Å². The van der Waals surface area contributed by atoms with Gasteiger partial charge < -0.3 is 10.1 Å². The number of aryl methyl sites for hydroxylation is 1. The molecule has 4 rings (SSSR count). The van der Waals surface area contributed by atoms with Crippen molar-refractivity contribution in [1.29, 1.82) is 5.26 Å². The molecule has 0 saturated carbocycles. The Labute approximate surface area is 211 Å². The van der Waals surface area contributed by atoms with Crippen LogP contribution in [0.3, 0.4) is 0 Å². The SMILES string of the molecule is CCCOc1ccc(-c2nn(-c3ccccc3)cc2/C=C(\C#N)C(=O)NCc2ccccc2)cc1C. The third-order valence-corrected chi connectivity index (χ3v) is 5.63. The standard InChI is InChI=1S/C30H28N4O2/c1-3-16-36-28-15-14-24(17-22(28)2)29-26(21-34(33-29)27-12-8-5-9-13-27)18-25(19-31)30(35)32-20-23-10-6-4-7-11-23/h4-15,17-18,21H,3,16,20H2,1-2H3,(H,32,35)/b25-18+. The van der Waals surface area contributed by atoms with Crippen LogP contribution in [0.1, 0.15) is 30.0 Å². The third kappa shape index (κ3) is 5.89. The number of nitriles is 1. The summed E-state index contributed by atoms with van der Waals surface area (Å²) in [5.41, 5.74) is 5.07. The molecule has 1 amide bonds. The second-order valence-corrected chi connectivity index (χ2v) is 8.38. The molecule has 0 aliphatic carbocycles. The van der Waals surface area contributed by atoms with Gasteiger partial charge in [-0.2, -0.15) is 10.4 Å². The first-order valence-electron chi connectivity index (χ1n) is 11.9. The first-order chi connectivity index (χ1) is 17.6. The zero-order chi connectivity index (χ0) is 25.3. The van der Waals surface area contributed by atoms with Crippen molar-refractivity contribution in [3.8, 4) is 28.8 Å². The van der Waals surface area contributed by atoms with Crippen molar-refractivity contribution in [2.24, 2.45) is 0 Å². The smallest absolute Gasteiger partial charge is 0.262 e. The van der Waals surface area contributed by atoms with E-state index in [1.54, 1.807) is 10.8 Å². The van der Waals surface area contributed by atoms with E-state index in [2.05, 4.69) is 12.2 Å². The summed E-state index contributed by atoms with van der Waals surface area (Å²) in [6.07, 6.45) is 4.36. The van der Waals surface area contributed by atoms with Crippen LogP contribution in [0.15, 0.2) is 90.6 Å². The lowest BCUT2D eigenvalue weighted by atomic mass is 10.0. The first kappa shape index (κ1) is 24.5. The maximum absolute atomic E-state index is 12.8. The minimum atomic E-state index is -0.431. The van der Waals surface area contributed by atoms with E-state index in [-0.39, 0.29) is 5.57 Å². The van der Waals surface area contributed by atoms with Gasteiger partial charge in [0.15, 0.2) is 0 Å². The van der Waals surface area contributed by atoms with Gasteiger partial charge in [-0.15, -0.1) is 0 Å². The highest BCUT2D eigenvalue weighted by Crippen LogP contribution is 2.30. The van der Waals surface area contributed by atoms with Gasteiger partial charge in [-0.25, -0.2) is 4.68 Å². The first-order valence-corrected chi connectivity index (χ1v) is 11.9. The highest BCUT2D eigenvalue weighted by atomic mass is 16.5. The molecule has 0 radical (unpaired) electrons. The molecule has 0 bridgehead atoms. The van der Waals surface area contributed by atoms with Crippen LogP contribution < -0.4 is 10.1 Å². The van der Waals surface area contributed by atoms with Crippen LogP contribution in [0.2, 0.25) is 0 Å². The van der Waals surface area contributed by atoms with Gasteiger partial charge in [-0.05, 0) is 60.9 Å². The number of hydrogen-bond donors (Lipinski definition) is 1. The lowest BCUT2D eigenvalue weighted by molar-refractivity contribution is -0.117. The van der Waals surface area contributed by atoms with Gasteiger partial charge in [0.25, 0.3) is 5.91 Å². The summed E-state index contributed by atoms with van der Waals surface area (Å²) in [5.74, 6) is 0.400. The summed E-state index contributed by atoms with van der Waals surface area (Å²) in [4.78, 5) is 12.8. The quantitative estimate of drug-likeness (QED) is 0.242. The maximum Gasteiger partial charge on any atom is 0.262 e. The summed E-state index contributed by atoms with van der Waals surface area (Å²) in [6.45, 7) is 5.06. The predicted molar refractivity (Wildman–Crippen MR) is 141 cm³/mol. The summed E-state index contributed by atoms with van der Waals surface area (Å²) >= 11 is 0. The molecule has 6 nitrogen and oxygen atoms in total. The zero-order valence-electron chi connectivity index (χ0n) is 20.4.